The van der Waals surface area contributed by atoms with Crippen molar-refractivity contribution < 1.29 is 0 Å². The largest absolute Gasteiger partial charge is 0.326 e. The normalized spacial score (nSPS) is 22.6. The Kier molecular flexibility index (Phi) is 4.09. The highest BCUT2D eigenvalue weighted by atomic mass is 15.2. The van der Waals surface area contributed by atoms with Crippen molar-refractivity contribution in [2.75, 3.05) is 13.1 Å². The Morgan fingerprint density at radius 2 is 1.62 bits per heavy atom. The smallest absolute Gasteiger partial charge is 0.0250 e. The van der Waals surface area contributed by atoms with Gasteiger partial charge in [-0.2, -0.15) is 0 Å². The Balaban J connectivity index is 1.75. The second-order valence-corrected chi connectivity index (χ2v) is 6.25. The fraction of sp³-hybridized carbons (Fsp3) is 0.368. The Bertz CT molecular complexity index is 586. The number of aryl methyl sites for hydroxylation is 2. The molecular weight excluding hydrogens is 256 g/mol. The van der Waals surface area contributed by atoms with Crippen LogP contribution < -0.4 is 5.73 Å². The maximum Gasteiger partial charge on any atom is 0.0250 e. The van der Waals surface area contributed by atoms with E-state index in [0.29, 0.717) is 5.92 Å². The summed E-state index contributed by atoms with van der Waals surface area (Å²) in [6, 6.07) is 17.5. The van der Waals surface area contributed by atoms with E-state index >= 15 is 0 Å². The topological polar surface area (TPSA) is 29.3 Å². The quantitative estimate of drug-likeness (QED) is 0.935. The van der Waals surface area contributed by atoms with Crippen LogP contribution in [-0.2, 0) is 6.54 Å². The van der Waals surface area contributed by atoms with Gasteiger partial charge in [-0.25, -0.2) is 0 Å². The van der Waals surface area contributed by atoms with E-state index in [9.17, 15) is 0 Å². The summed E-state index contributed by atoms with van der Waals surface area (Å²) in [6.07, 6.45) is 0. The summed E-state index contributed by atoms with van der Waals surface area (Å²) in [4.78, 5) is 2.50. The average molecular weight is 280 g/mol. The second kappa shape index (κ2) is 6.00. The van der Waals surface area contributed by atoms with Crippen LogP contribution in [0.5, 0.6) is 0 Å². The molecule has 0 bridgehead atoms. The molecule has 1 saturated heterocycles. The van der Waals surface area contributed by atoms with Gasteiger partial charge in [0.15, 0.2) is 0 Å². The lowest BCUT2D eigenvalue weighted by Crippen LogP contribution is -2.28. The first-order valence-electron chi connectivity index (χ1n) is 7.73. The molecule has 1 aliphatic rings. The van der Waals surface area contributed by atoms with E-state index in [0.717, 1.165) is 19.6 Å². The van der Waals surface area contributed by atoms with Gasteiger partial charge in [0.25, 0.3) is 0 Å². The standard InChI is InChI=1S/C19H24N2/c1-14-7-6-8-15(2)17(14)11-21-12-18(19(20)13-21)16-9-4-3-5-10-16/h3-10,18-19H,11-13,20H2,1-2H3/t18-,19+/m0/s1. The van der Waals surface area contributed by atoms with E-state index in [1.165, 1.54) is 22.3 Å². The zero-order valence-electron chi connectivity index (χ0n) is 12.9. The average Bonchev–Trinajstić information content (AvgIpc) is 2.85. The van der Waals surface area contributed by atoms with Crippen molar-refractivity contribution in [3.63, 3.8) is 0 Å². The first-order chi connectivity index (χ1) is 10.1. The summed E-state index contributed by atoms with van der Waals surface area (Å²) in [5.74, 6) is 0.454. The maximum absolute atomic E-state index is 6.39. The highest BCUT2D eigenvalue weighted by Gasteiger charge is 2.31. The van der Waals surface area contributed by atoms with E-state index < -0.39 is 0 Å². The molecule has 110 valence electrons. The molecule has 2 N–H and O–H groups in total. The lowest BCUT2D eigenvalue weighted by Gasteiger charge is -2.19. The molecule has 0 aromatic heterocycles. The zero-order chi connectivity index (χ0) is 14.8. The van der Waals surface area contributed by atoms with Crippen LogP contribution >= 0.6 is 0 Å². The van der Waals surface area contributed by atoms with Gasteiger partial charge < -0.3 is 5.73 Å². The van der Waals surface area contributed by atoms with Crippen LogP contribution in [0.25, 0.3) is 0 Å². The first kappa shape index (κ1) is 14.3. The van der Waals surface area contributed by atoms with Crippen molar-refractivity contribution in [1.82, 2.24) is 4.90 Å². The van der Waals surface area contributed by atoms with Crippen molar-refractivity contribution in [3.8, 4) is 0 Å². The molecular formula is C19H24N2. The van der Waals surface area contributed by atoms with Crippen molar-refractivity contribution in [1.29, 1.82) is 0 Å². The summed E-state index contributed by atoms with van der Waals surface area (Å²) < 4.78 is 0. The van der Waals surface area contributed by atoms with E-state index in [4.69, 9.17) is 5.73 Å². The monoisotopic (exact) mass is 280 g/mol. The Hall–Kier alpha value is -1.64. The Morgan fingerprint density at radius 3 is 2.29 bits per heavy atom. The van der Waals surface area contributed by atoms with Crippen LogP contribution in [-0.4, -0.2) is 24.0 Å². The number of benzene rings is 2. The van der Waals surface area contributed by atoms with Crippen molar-refractivity contribution >= 4 is 0 Å². The SMILES string of the molecule is Cc1cccc(C)c1CN1C[C@@H](N)[C@H](c2ccccc2)C1. The summed E-state index contributed by atoms with van der Waals surface area (Å²) in [5, 5.41) is 0. The molecule has 1 heterocycles. The molecule has 0 spiro atoms. The third-order valence-electron chi connectivity index (χ3n) is 4.69. The summed E-state index contributed by atoms with van der Waals surface area (Å²) in [5.41, 5.74) is 12.0. The van der Waals surface area contributed by atoms with Crippen LogP contribution in [0.4, 0.5) is 0 Å². The fourth-order valence-electron chi connectivity index (χ4n) is 3.42. The highest BCUT2D eigenvalue weighted by Crippen LogP contribution is 2.28. The third kappa shape index (κ3) is 3.02. The summed E-state index contributed by atoms with van der Waals surface area (Å²) in [7, 11) is 0. The predicted molar refractivity (Wildman–Crippen MR) is 88.4 cm³/mol. The number of hydrogen-bond donors (Lipinski definition) is 1. The second-order valence-electron chi connectivity index (χ2n) is 6.25. The number of rotatable bonds is 3. The van der Waals surface area contributed by atoms with Gasteiger partial charge in [-0.1, -0.05) is 48.5 Å². The van der Waals surface area contributed by atoms with Gasteiger partial charge >= 0.3 is 0 Å². The lowest BCUT2D eigenvalue weighted by molar-refractivity contribution is 0.322. The van der Waals surface area contributed by atoms with E-state index in [1.54, 1.807) is 0 Å². The summed E-state index contributed by atoms with van der Waals surface area (Å²) in [6.45, 7) is 7.45. The van der Waals surface area contributed by atoms with Crippen molar-refractivity contribution in [2.45, 2.75) is 32.4 Å². The first-order valence-corrected chi connectivity index (χ1v) is 7.73. The number of hydrogen-bond acceptors (Lipinski definition) is 2. The minimum atomic E-state index is 0.233. The van der Waals surface area contributed by atoms with Crippen LogP contribution in [0.1, 0.15) is 28.2 Å². The molecule has 1 aliphatic heterocycles. The minimum absolute atomic E-state index is 0.233. The van der Waals surface area contributed by atoms with Gasteiger partial charge in [0.2, 0.25) is 0 Å². The summed E-state index contributed by atoms with van der Waals surface area (Å²) >= 11 is 0. The van der Waals surface area contributed by atoms with Crippen LogP contribution in [0, 0.1) is 13.8 Å². The van der Waals surface area contributed by atoms with Crippen molar-refractivity contribution in [2.24, 2.45) is 5.73 Å². The van der Waals surface area contributed by atoms with Gasteiger partial charge in [0.1, 0.15) is 0 Å². The molecule has 1 fully saturated rings. The van der Waals surface area contributed by atoms with E-state index in [2.05, 4.69) is 67.3 Å². The molecule has 0 unspecified atom stereocenters. The molecule has 0 amide bonds. The molecule has 0 aliphatic carbocycles. The molecule has 2 nitrogen and oxygen atoms in total. The number of nitrogens with zero attached hydrogens (tertiary/aromatic N) is 1. The fourth-order valence-corrected chi connectivity index (χ4v) is 3.42. The molecule has 0 saturated carbocycles. The minimum Gasteiger partial charge on any atom is -0.326 e. The van der Waals surface area contributed by atoms with Gasteiger partial charge in [-0.15, -0.1) is 0 Å². The number of likely N-dealkylation sites (tertiary alicyclic amines) is 1. The van der Waals surface area contributed by atoms with Crippen LogP contribution in [0.2, 0.25) is 0 Å². The molecule has 21 heavy (non-hydrogen) atoms. The Morgan fingerprint density at radius 1 is 0.952 bits per heavy atom. The molecule has 2 atom stereocenters. The highest BCUT2D eigenvalue weighted by molar-refractivity contribution is 5.34. The van der Waals surface area contributed by atoms with Gasteiger partial charge in [0.05, 0.1) is 0 Å². The van der Waals surface area contributed by atoms with Gasteiger partial charge in [-0.05, 0) is 36.1 Å². The molecule has 0 radical (unpaired) electrons. The zero-order valence-corrected chi connectivity index (χ0v) is 12.9. The predicted octanol–water partition coefficient (Wildman–Crippen LogP) is 3.23. The molecule has 2 aromatic rings. The van der Waals surface area contributed by atoms with Gasteiger partial charge in [0, 0.05) is 31.6 Å². The van der Waals surface area contributed by atoms with E-state index in [-0.39, 0.29) is 6.04 Å². The van der Waals surface area contributed by atoms with E-state index in [1.807, 2.05) is 0 Å². The maximum atomic E-state index is 6.39. The van der Waals surface area contributed by atoms with Crippen molar-refractivity contribution in [3.05, 3.63) is 70.8 Å². The Labute approximate surface area is 127 Å². The molecule has 3 rings (SSSR count). The van der Waals surface area contributed by atoms with Gasteiger partial charge in [-0.3, -0.25) is 4.90 Å². The lowest BCUT2D eigenvalue weighted by atomic mass is 9.95. The molecule has 2 heteroatoms. The molecule has 2 aromatic carbocycles. The third-order valence-corrected chi connectivity index (χ3v) is 4.69. The van der Waals surface area contributed by atoms with Crippen LogP contribution in [0.15, 0.2) is 48.5 Å². The van der Waals surface area contributed by atoms with Crippen LogP contribution in [0.3, 0.4) is 0 Å². The number of nitrogens with two attached hydrogens (primary N) is 1.